The molecule has 2 aromatic rings. The molecule has 0 saturated carbocycles. The number of rotatable bonds is 3. The highest BCUT2D eigenvalue weighted by Gasteiger charge is 2.18. The van der Waals surface area contributed by atoms with Gasteiger partial charge < -0.3 is 4.74 Å². The molecule has 19 heavy (non-hydrogen) atoms. The van der Waals surface area contributed by atoms with Crippen LogP contribution >= 0.6 is 11.8 Å². The molecule has 98 valence electrons. The minimum atomic E-state index is -0.210. The van der Waals surface area contributed by atoms with Gasteiger partial charge >= 0.3 is 5.97 Å². The quantitative estimate of drug-likeness (QED) is 0.793. The summed E-state index contributed by atoms with van der Waals surface area (Å²) in [6.45, 7) is 0.538. The van der Waals surface area contributed by atoms with Crippen LogP contribution in [-0.4, -0.2) is 23.6 Å². The molecular formula is C16H16O2S. The summed E-state index contributed by atoms with van der Waals surface area (Å²) in [5.74, 6) is 0.983. The van der Waals surface area contributed by atoms with E-state index in [1.807, 2.05) is 54.2 Å². The molecule has 1 fully saturated rings. The van der Waals surface area contributed by atoms with Crippen molar-refractivity contribution in [2.45, 2.75) is 18.1 Å². The molecule has 1 aliphatic rings. The zero-order chi connectivity index (χ0) is 13.1. The molecule has 2 aromatic carbocycles. The van der Waals surface area contributed by atoms with E-state index in [-0.39, 0.29) is 5.97 Å². The lowest BCUT2D eigenvalue weighted by Crippen LogP contribution is -2.13. The van der Waals surface area contributed by atoms with Crippen LogP contribution in [0.3, 0.4) is 0 Å². The van der Waals surface area contributed by atoms with E-state index in [0.717, 1.165) is 17.2 Å². The zero-order valence-electron chi connectivity index (χ0n) is 10.7. The summed E-state index contributed by atoms with van der Waals surface area (Å²) in [7, 11) is 0. The Morgan fingerprint density at radius 3 is 2.84 bits per heavy atom. The summed E-state index contributed by atoms with van der Waals surface area (Å²) in [6.07, 6.45) is 2.40. The van der Waals surface area contributed by atoms with E-state index in [1.54, 1.807) is 0 Å². The number of carbonyl (C=O) groups is 1. The SMILES string of the molecule is O=C(OC[C@@H]1CCCS1)c1ccc2ccccc2c1. The normalized spacial score (nSPS) is 18.6. The molecule has 3 rings (SSSR count). The van der Waals surface area contributed by atoms with Crippen molar-refractivity contribution in [1.29, 1.82) is 0 Å². The van der Waals surface area contributed by atoms with Crippen LogP contribution in [0.4, 0.5) is 0 Å². The molecule has 1 atom stereocenters. The number of thioether (sulfide) groups is 1. The number of fused-ring (bicyclic) bond motifs is 1. The number of ether oxygens (including phenoxy) is 1. The van der Waals surface area contributed by atoms with Gasteiger partial charge in [0.25, 0.3) is 0 Å². The Kier molecular flexibility index (Phi) is 3.74. The fourth-order valence-electron chi connectivity index (χ4n) is 2.34. The van der Waals surface area contributed by atoms with Gasteiger partial charge in [-0.25, -0.2) is 4.79 Å². The van der Waals surface area contributed by atoms with Gasteiger partial charge in [0.15, 0.2) is 0 Å². The third kappa shape index (κ3) is 2.92. The van der Waals surface area contributed by atoms with Crippen LogP contribution in [0.25, 0.3) is 10.8 Å². The minimum Gasteiger partial charge on any atom is -0.461 e. The van der Waals surface area contributed by atoms with Crippen molar-refractivity contribution in [2.24, 2.45) is 0 Å². The van der Waals surface area contributed by atoms with Crippen LogP contribution in [0.5, 0.6) is 0 Å². The van der Waals surface area contributed by atoms with E-state index in [0.29, 0.717) is 17.4 Å². The van der Waals surface area contributed by atoms with Gasteiger partial charge in [-0.15, -0.1) is 0 Å². The summed E-state index contributed by atoms with van der Waals surface area (Å²) in [4.78, 5) is 12.0. The highest BCUT2D eigenvalue weighted by molar-refractivity contribution is 8.00. The summed E-state index contributed by atoms with van der Waals surface area (Å²) in [6, 6.07) is 13.7. The summed E-state index contributed by atoms with van der Waals surface area (Å²) < 4.78 is 5.40. The Bertz CT molecular complexity index is 588. The Morgan fingerprint density at radius 2 is 2.05 bits per heavy atom. The monoisotopic (exact) mass is 272 g/mol. The number of benzene rings is 2. The second kappa shape index (κ2) is 5.66. The van der Waals surface area contributed by atoms with E-state index in [9.17, 15) is 4.79 Å². The van der Waals surface area contributed by atoms with Crippen molar-refractivity contribution in [3.63, 3.8) is 0 Å². The third-order valence-corrected chi connectivity index (χ3v) is 4.78. The van der Waals surface area contributed by atoms with Gasteiger partial charge in [0.2, 0.25) is 0 Å². The highest BCUT2D eigenvalue weighted by atomic mass is 32.2. The maximum atomic E-state index is 12.0. The Morgan fingerprint density at radius 1 is 1.21 bits per heavy atom. The number of hydrogen-bond donors (Lipinski definition) is 0. The summed E-state index contributed by atoms with van der Waals surface area (Å²) in [5, 5.41) is 2.71. The van der Waals surface area contributed by atoms with Crippen LogP contribution in [0.2, 0.25) is 0 Å². The molecule has 0 bridgehead atoms. The van der Waals surface area contributed by atoms with Crippen molar-refractivity contribution in [2.75, 3.05) is 12.4 Å². The molecule has 0 spiro atoms. The average Bonchev–Trinajstić information content (AvgIpc) is 2.97. The van der Waals surface area contributed by atoms with Gasteiger partial charge in [-0.1, -0.05) is 30.3 Å². The molecule has 0 aromatic heterocycles. The molecule has 0 radical (unpaired) electrons. The topological polar surface area (TPSA) is 26.3 Å². The lowest BCUT2D eigenvalue weighted by molar-refractivity contribution is 0.0506. The van der Waals surface area contributed by atoms with Crippen molar-refractivity contribution >= 4 is 28.5 Å². The molecule has 1 saturated heterocycles. The largest absolute Gasteiger partial charge is 0.461 e. The molecule has 3 heteroatoms. The van der Waals surface area contributed by atoms with Gasteiger partial charge in [-0.3, -0.25) is 0 Å². The van der Waals surface area contributed by atoms with E-state index >= 15 is 0 Å². The van der Waals surface area contributed by atoms with Crippen molar-refractivity contribution in [3.05, 3.63) is 48.0 Å². The van der Waals surface area contributed by atoms with Gasteiger partial charge in [-0.05, 0) is 41.5 Å². The maximum absolute atomic E-state index is 12.0. The van der Waals surface area contributed by atoms with Crippen molar-refractivity contribution in [1.82, 2.24) is 0 Å². The molecule has 0 aliphatic carbocycles. The smallest absolute Gasteiger partial charge is 0.338 e. The fraction of sp³-hybridized carbons (Fsp3) is 0.312. The first-order valence-corrected chi connectivity index (χ1v) is 7.65. The maximum Gasteiger partial charge on any atom is 0.338 e. The minimum absolute atomic E-state index is 0.210. The molecule has 2 nitrogen and oxygen atoms in total. The Hall–Kier alpha value is -1.48. The van der Waals surface area contributed by atoms with Crippen LogP contribution in [0.15, 0.2) is 42.5 Å². The van der Waals surface area contributed by atoms with Crippen LogP contribution in [-0.2, 0) is 4.74 Å². The first kappa shape index (κ1) is 12.5. The molecule has 0 N–H and O–H groups in total. The predicted octanol–water partition coefficient (Wildman–Crippen LogP) is 3.89. The van der Waals surface area contributed by atoms with Gasteiger partial charge in [-0.2, -0.15) is 11.8 Å². The van der Waals surface area contributed by atoms with E-state index in [2.05, 4.69) is 0 Å². The first-order valence-electron chi connectivity index (χ1n) is 6.60. The Balaban J connectivity index is 1.70. The number of esters is 1. The zero-order valence-corrected chi connectivity index (χ0v) is 11.5. The van der Waals surface area contributed by atoms with Crippen molar-refractivity contribution < 1.29 is 9.53 Å². The van der Waals surface area contributed by atoms with Gasteiger partial charge in [0, 0.05) is 5.25 Å². The lowest BCUT2D eigenvalue weighted by atomic mass is 10.1. The highest BCUT2D eigenvalue weighted by Crippen LogP contribution is 2.26. The van der Waals surface area contributed by atoms with Crippen molar-refractivity contribution in [3.8, 4) is 0 Å². The lowest BCUT2D eigenvalue weighted by Gasteiger charge is -2.10. The second-order valence-electron chi connectivity index (χ2n) is 4.80. The average molecular weight is 272 g/mol. The van der Waals surface area contributed by atoms with Crippen LogP contribution < -0.4 is 0 Å². The van der Waals surface area contributed by atoms with Crippen LogP contribution in [0, 0.1) is 0 Å². The summed E-state index contributed by atoms with van der Waals surface area (Å²) in [5.41, 5.74) is 0.640. The molecular weight excluding hydrogens is 256 g/mol. The third-order valence-electron chi connectivity index (χ3n) is 3.41. The van der Waals surface area contributed by atoms with E-state index in [4.69, 9.17) is 4.74 Å². The van der Waals surface area contributed by atoms with Gasteiger partial charge in [0.05, 0.1) is 5.56 Å². The second-order valence-corrected chi connectivity index (χ2v) is 6.20. The van der Waals surface area contributed by atoms with Gasteiger partial charge in [0.1, 0.15) is 6.61 Å². The molecule has 1 heterocycles. The molecule has 1 aliphatic heterocycles. The standard InChI is InChI=1S/C16H16O2S/c17-16(18-11-15-6-3-9-19-15)14-8-7-12-4-1-2-5-13(12)10-14/h1-2,4-5,7-8,10,15H,3,6,9,11H2/t15-/m0/s1. The number of hydrogen-bond acceptors (Lipinski definition) is 3. The molecule has 0 amide bonds. The fourth-order valence-corrected chi connectivity index (χ4v) is 3.51. The van der Waals surface area contributed by atoms with E-state index < -0.39 is 0 Å². The number of carbonyl (C=O) groups excluding carboxylic acids is 1. The van der Waals surface area contributed by atoms with E-state index in [1.165, 1.54) is 12.2 Å². The predicted molar refractivity (Wildman–Crippen MR) is 79.7 cm³/mol. The molecule has 0 unspecified atom stereocenters. The first-order chi connectivity index (χ1) is 9.33. The summed E-state index contributed by atoms with van der Waals surface area (Å²) >= 11 is 1.90. The van der Waals surface area contributed by atoms with Crippen LogP contribution in [0.1, 0.15) is 23.2 Å². The Labute approximate surface area is 117 Å².